The smallest absolute Gasteiger partial charge is 0.219 e. The second kappa shape index (κ2) is 5.59. The lowest BCUT2D eigenvalue weighted by atomic mass is 9.94. The molecule has 5 heteroatoms. The lowest BCUT2D eigenvalue weighted by Gasteiger charge is -2.36. The van der Waals surface area contributed by atoms with Gasteiger partial charge in [-0.2, -0.15) is 0 Å². The third-order valence-electron chi connectivity index (χ3n) is 3.03. The Morgan fingerprint density at radius 3 is 2.61 bits per heavy atom. The first-order valence-corrected chi connectivity index (χ1v) is 6.38. The predicted molar refractivity (Wildman–Crippen MR) is 70.2 cm³/mol. The van der Waals surface area contributed by atoms with E-state index in [0.717, 1.165) is 13.0 Å². The summed E-state index contributed by atoms with van der Waals surface area (Å²) in [6.45, 7) is 10.3. The Labute approximate surface area is 110 Å². The molecule has 1 heterocycles. The minimum atomic E-state index is -0.537. The molecule has 2 atom stereocenters. The van der Waals surface area contributed by atoms with E-state index in [1.807, 2.05) is 20.8 Å². The van der Waals surface area contributed by atoms with Gasteiger partial charge in [-0.3, -0.25) is 9.79 Å². The molecule has 0 unspecified atom stereocenters. The van der Waals surface area contributed by atoms with Crippen molar-refractivity contribution in [3.63, 3.8) is 0 Å². The summed E-state index contributed by atoms with van der Waals surface area (Å²) in [4.78, 5) is 17.1. The number of carbonyl (C=O) groups is 1. The van der Waals surface area contributed by atoms with Crippen LogP contribution in [0.4, 0.5) is 0 Å². The highest BCUT2D eigenvalue weighted by Gasteiger charge is 2.27. The highest BCUT2D eigenvalue weighted by Crippen LogP contribution is 2.20. The van der Waals surface area contributed by atoms with E-state index in [1.165, 1.54) is 0 Å². The van der Waals surface area contributed by atoms with Crippen LogP contribution in [0.3, 0.4) is 0 Å². The average Bonchev–Trinajstić information content (AvgIpc) is 2.18. The van der Waals surface area contributed by atoms with E-state index in [-0.39, 0.29) is 13.4 Å². The normalized spacial score (nSPS) is 26.1. The molecule has 18 heavy (non-hydrogen) atoms. The number of amides is 1. The van der Waals surface area contributed by atoms with Gasteiger partial charge in [-0.15, -0.1) is 0 Å². The molecule has 0 aromatic heterocycles. The number of aliphatic imine (C=N–C) groups is 1. The fourth-order valence-electron chi connectivity index (χ4n) is 1.93. The topological polar surface area (TPSA) is 65.0 Å². The molecular formula is C13H25N2O3-. The van der Waals surface area contributed by atoms with E-state index < -0.39 is 11.7 Å². The van der Waals surface area contributed by atoms with Gasteiger partial charge in [-0.1, -0.05) is 27.7 Å². The molecule has 5 nitrogen and oxygen atoms in total. The zero-order valence-electron chi connectivity index (χ0n) is 11.9. The number of nitrogens with zero attached hydrogens (tertiary/aromatic N) is 2. The Balaban J connectivity index is 0.00000324. The maximum Gasteiger partial charge on any atom is 0.219 e. The van der Waals surface area contributed by atoms with Crippen LogP contribution in [-0.2, 0) is 9.53 Å². The van der Waals surface area contributed by atoms with E-state index in [0.29, 0.717) is 12.5 Å². The molecule has 1 aliphatic rings. The van der Waals surface area contributed by atoms with Crippen molar-refractivity contribution >= 4 is 12.0 Å². The Morgan fingerprint density at radius 2 is 2.11 bits per heavy atom. The maximum absolute atomic E-state index is 11.7. The lowest BCUT2D eigenvalue weighted by molar-refractivity contribution is -0.261. The number of ether oxygens (including phenoxy) is 1. The third-order valence-corrected chi connectivity index (χ3v) is 3.03. The van der Waals surface area contributed by atoms with Crippen LogP contribution in [0.1, 0.15) is 42.5 Å². The van der Waals surface area contributed by atoms with Gasteiger partial charge in [0.25, 0.3) is 0 Å². The fourth-order valence-corrected chi connectivity index (χ4v) is 1.93. The van der Waals surface area contributed by atoms with Gasteiger partial charge < -0.3 is 14.7 Å². The summed E-state index contributed by atoms with van der Waals surface area (Å²) in [6.07, 6.45) is 0.334. The molecule has 1 amide bonds. The van der Waals surface area contributed by atoms with Gasteiger partial charge >= 0.3 is 0 Å². The molecule has 0 radical (unpaired) electrons. The van der Waals surface area contributed by atoms with E-state index in [4.69, 9.17) is 4.74 Å². The van der Waals surface area contributed by atoms with E-state index in [9.17, 15) is 9.90 Å². The number of carbonyl (C=O) groups excluding carboxylic acids is 1. The predicted octanol–water partition coefficient (Wildman–Crippen LogP) is 1.02. The first-order chi connectivity index (χ1) is 8.19. The van der Waals surface area contributed by atoms with Crippen molar-refractivity contribution in [2.24, 2.45) is 10.9 Å². The highest BCUT2D eigenvalue weighted by molar-refractivity contribution is 5.73. The largest absolute Gasteiger partial charge is 0.595 e. The van der Waals surface area contributed by atoms with Crippen LogP contribution in [0.2, 0.25) is 0 Å². The van der Waals surface area contributed by atoms with Crippen LogP contribution in [-0.4, -0.2) is 41.6 Å². The molecular weight excluding hydrogens is 232 g/mol. The quantitative estimate of drug-likeness (QED) is 0.520. The second-order valence-corrected chi connectivity index (χ2v) is 5.91. The average molecular weight is 257 g/mol. The van der Waals surface area contributed by atoms with Crippen LogP contribution in [0.25, 0.3) is 0 Å². The van der Waals surface area contributed by atoms with Gasteiger partial charge in [0.05, 0.1) is 6.04 Å². The van der Waals surface area contributed by atoms with Gasteiger partial charge in [-0.05, 0) is 12.3 Å². The third kappa shape index (κ3) is 4.55. The van der Waals surface area contributed by atoms with Crippen molar-refractivity contribution in [3.05, 3.63) is 0 Å². The number of likely N-dealkylation sites (tertiary alicyclic amines) is 1. The first-order valence-electron chi connectivity index (χ1n) is 6.38. The summed E-state index contributed by atoms with van der Waals surface area (Å²) in [6, 6.07) is -0.155. The molecule has 106 valence electrons. The van der Waals surface area contributed by atoms with Crippen molar-refractivity contribution in [1.82, 2.24) is 4.90 Å². The van der Waals surface area contributed by atoms with Crippen LogP contribution in [0, 0.1) is 5.92 Å². The van der Waals surface area contributed by atoms with E-state index >= 15 is 0 Å². The van der Waals surface area contributed by atoms with Gasteiger partial charge in [0.15, 0.2) is 0 Å². The molecule has 1 fully saturated rings. The highest BCUT2D eigenvalue weighted by atomic mass is 16.6. The minimum absolute atomic E-state index is 0. The molecule has 1 rings (SSSR count). The molecule has 0 aromatic carbocycles. The van der Waals surface area contributed by atoms with Gasteiger partial charge in [-0.25, -0.2) is 0 Å². The SMILES string of the molecule is CC(=O)N1CC[C@H](C)[C@H](N=C([O-])OC(C)(C)C)C1.[HH]. The fraction of sp³-hybridized carbons (Fsp3) is 0.846. The first kappa shape index (κ1) is 14.8. The Morgan fingerprint density at radius 1 is 1.50 bits per heavy atom. The van der Waals surface area contributed by atoms with Crippen LogP contribution in [0.5, 0.6) is 0 Å². The zero-order valence-corrected chi connectivity index (χ0v) is 11.9. The van der Waals surface area contributed by atoms with Crippen molar-refractivity contribution < 1.29 is 16.1 Å². The van der Waals surface area contributed by atoms with Crippen molar-refractivity contribution in [2.75, 3.05) is 13.1 Å². The van der Waals surface area contributed by atoms with Crippen molar-refractivity contribution in [2.45, 2.75) is 52.7 Å². The van der Waals surface area contributed by atoms with Gasteiger partial charge in [0.1, 0.15) is 6.08 Å². The lowest BCUT2D eigenvalue weighted by Crippen LogP contribution is -2.45. The minimum Gasteiger partial charge on any atom is -0.595 e. The van der Waals surface area contributed by atoms with Crippen LogP contribution >= 0.6 is 0 Å². The number of piperidine rings is 1. The summed E-state index contributed by atoms with van der Waals surface area (Å²) in [5.74, 6) is 0.333. The summed E-state index contributed by atoms with van der Waals surface area (Å²) in [5, 5.41) is 11.7. The molecule has 0 aromatic rings. The molecule has 1 saturated heterocycles. The molecule has 0 spiro atoms. The van der Waals surface area contributed by atoms with E-state index in [1.54, 1.807) is 11.8 Å². The maximum atomic E-state index is 11.7. The molecule has 0 aliphatic carbocycles. The van der Waals surface area contributed by atoms with E-state index in [2.05, 4.69) is 11.9 Å². The molecule has 1 aliphatic heterocycles. The zero-order chi connectivity index (χ0) is 13.9. The summed E-state index contributed by atoms with van der Waals surface area (Å²) >= 11 is 0. The van der Waals surface area contributed by atoms with Gasteiger partial charge in [0.2, 0.25) is 5.91 Å². The van der Waals surface area contributed by atoms with Crippen molar-refractivity contribution in [1.29, 1.82) is 0 Å². The van der Waals surface area contributed by atoms with Crippen LogP contribution in [0.15, 0.2) is 4.99 Å². The number of rotatable bonds is 1. The molecule has 0 saturated carbocycles. The summed E-state index contributed by atoms with van der Waals surface area (Å²) in [7, 11) is 0. The number of hydrogen-bond donors (Lipinski definition) is 0. The molecule has 0 N–H and O–H groups in total. The molecule has 0 bridgehead atoms. The second-order valence-electron chi connectivity index (χ2n) is 5.91. The van der Waals surface area contributed by atoms with Gasteiger partial charge in [0, 0.05) is 27.0 Å². The Kier molecular flexibility index (Phi) is 4.59. The number of hydrogen-bond acceptors (Lipinski definition) is 4. The van der Waals surface area contributed by atoms with Crippen LogP contribution < -0.4 is 5.11 Å². The standard InChI is InChI=1S/C13H24N2O3.H2/c1-9-6-7-15(10(2)16)8-11(9)14-12(17)18-13(3,4)5;/h9,11H,6-8H2,1-5H3,(H,14,17);1H/p-1/t9-,11+;/m0./s1. The summed E-state index contributed by atoms with van der Waals surface area (Å²) < 4.78 is 5.18. The monoisotopic (exact) mass is 257 g/mol. The van der Waals surface area contributed by atoms with Crippen molar-refractivity contribution in [3.8, 4) is 0 Å². The Hall–Kier alpha value is -1.26. The Bertz CT molecular complexity index is 339. The summed E-state index contributed by atoms with van der Waals surface area (Å²) in [5.41, 5.74) is -0.529.